The van der Waals surface area contributed by atoms with Gasteiger partial charge in [0.15, 0.2) is 0 Å². The van der Waals surface area contributed by atoms with Gasteiger partial charge >= 0.3 is 9.28 Å². The van der Waals surface area contributed by atoms with Gasteiger partial charge < -0.3 is 19.1 Å². The molecule has 16 heavy (non-hydrogen) atoms. The summed E-state index contributed by atoms with van der Waals surface area (Å²) in [6.45, 7) is 7.58. The second kappa shape index (κ2) is 11.5. The summed E-state index contributed by atoms with van der Waals surface area (Å²) in [6.07, 6.45) is 0. The van der Waals surface area contributed by atoms with E-state index in [1.54, 1.807) is 0 Å². The minimum absolute atomic E-state index is 0.121. The van der Waals surface area contributed by atoms with Crippen molar-refractivity contribution >= 4 is 9.28 Å². The van der Waals surface area contributed by atoms with E-state index in [-0.39, 0.29) is 13.2 Å². The summed E-state index contributed by atoms with van der Waals surface area (Å²) in [5, 5.41) is 17.7. The maximum absolute atomic E-state index is 8.86. The van der Waals surface area contributed by atoms with Crippen LogP contribution in [-0.2, 0) is 8.85 Å². The second-order valence-electron chi connectivity index (χ2n) is 3.42. The third-order valence-electron chi connectivity index (χ3n) is 2.22. The van der Waals surface area contributed by atoms with Crippen LogP contribution in [0.4, 0.5) is 0 Å². The minimum Gasteiger partial charge on any atom is -0.397 e. The van der Waals surface area contributed by atoms with E-state index in [9.17, 15) is 0 Å². The summed E-state index contributed by atoms with van der Waals surface area (Å²) in [5.74, 6) is 0. The smallest absolute Gasteiger partial charge is 0.322 e. The fourth-order valence-electron chi connectivity index (χ4n) is 1.49. The Balaban J connectivity index is 3.83. The van der Waals surface area contributed by atoms with Crippen molar-refractivity contribution in [1.82, 2.24) is 4.90 Å². The van der Waals surface area contributed by atoms with Crippen LogP contribution in [0.15, 0.2) is 0 Å². The van der Waals surface area contributed by atoms with Crippen LogP contribution >= 0.6 is 0 Å². The zero-order chi connectivity index (χ0) is 12.2. The molecule has 98 valence electrons. The van der Waals surface area contributed by atoms with Crippen LogP contribution in [0.3, 0.4) is 0 Å². The zero-order valence-corrected chi connectivity index (χ0v) is 11.5. The molecule has 0 amide bonds. The quantitative estimate of drug-likeness (QED) is 0.488. The predicted molar refractivity (Wildman–Crippen MR) is 65.8 cm³/mol. The highest BCUT2D eigenvalue weighted by atomic mass is 28.3. The number of aliphatic hydroxyl groups is 2. The van der Waals surface area contributed by atoms with Crippen LogP contribution in [0.1, 0.15) is 13.8 Å². The molecule has 6 heteroatoms. The molecule has 0 aromatic heterocycles. The Bertz CT molecular complexity index is 123. The van der Waals surface area contributed by atoms with E-state index < -0.39 is 9.28 Å². The molecule has 0 fully saturated rings. The first-order valence-corrected chi connectivity index (χ1v) is 7.71. The molecular formula is C10H25NO4Si. The van der Waals surface area contributed by atoms with Crippen LogP contribution in [-0.4, -0.2) is 70.5 Å². The third kappa shape index (κ3) is 8.20. The average molecular weight is 251 g/mol. The van der Waals surface area contributed by atoms with Crippen molar-refractivity contribution in [3.8, 4) is 0 Å². The molecule has 0 rings (SSSR count). The Hall–Kier alpha value is 0.0169. The number of hydrogen-bond acceptors (Lipinski definition) is 5. The number of nitrogens with zero attached hydrogens (tertiary/aromatic N) is 1. The van der Waals surface area contributed by atoms with Gasteiger partial charge in [0.2, 0.25) is 0 Å². The number of rotatable bonds is 11. The van der Waals surface area contributed by atoms with Gasteiger partial charge in [-0.15, -0.1) is 0 Å². The van der Waals surface area contributed by atoms with E-state index in [1.807, 2.05) is 18.7 Å². The molecule has 0 aliphatic carbocycles. The molecule has 0 heterocycles. The SMILES string of the molecule is CCO[SiH](CCN(CCO)CCO)OCC. The molecule has 0 radical (unpaired) electrons. The summed E-state index contributed by atoms with van der Waals surface area (Å²) < 4.78 is 11.1. The summed E-state index contributed by atoms with van der Waals surface area (Å²) in [7, 11) is -1.54. The Morgan fingerprint density at radius 2 is 1.44 bits per heavy atom. The third-order valence-corrected chi connectivity index (χ3v) is 4.36. The topological polar surface area (TPSA) is 62.2 Å². The molecule has 5 nitrogen and oxygen atoms in total. The predicted octanol–water partition coefficient (Wildman–Crippen LogP) is -0.433. The molecule has 0 bridgehead atoms. The van der Waals surface area contributed by atoms with Gasteiger partial charge in [0.25, 0.3) is 0 Å². The van der Waals surface area contributed by atoms with Gasteiger partial charge in [-0.05, 0) is 13.8 Å². The van der Waals surface area contributed by atoms with E-state index in [2.05, 4.69) is 0 Å². The van der Waals surface area contributed by atoms with Crippen molar-refractivity contribution in [1.29, 1.82) is 0 Å². The maximum atomic E-state index is 8.86. The highest BCUT2D eigenvalue weighted by molar-refractivity contribution is 6.44. The Morgan fingerprint density at radius 1 is 0.938 bits per heavy atom. The molecular weight excluding hydrogens is 226 g/mol. The lowest BCUT2D eigenvalue weighted by atomic mass is 10.5. The molecule has 0 aromatic carbocycles. The van der Waals surface area contributed by atoms with E-state index in [4.69, 9.17) is 19.1 Å². The van der Waals surface area contributed by atoms with Gasteiger partial charge in [0.1, 0.15) is 0 Å². The average Bonchev–Trinajstić information content (AvgIpc) is 2.27. The summed E-state index contributed by atoms with van der Waals surface area (Å²) in [5.41, 5.74) is 0. The van der Waals surface area contributed by atoms with E-state index >= 15 is 0 Å². The lowest BCUT2D eigenvalue weighted by Crippen LogP contribution is -2.35. The van der Waals surface area contributed by atoms with Crippen molar-refractivity contribution in [3.05, 3.63) is 0 Å². The van der Waals surface area contributed by atoms with Crippen molar-refractivity contribution in [2.75, 3.05) is 46.1 Å². The molecule has 0 saturated heterocycles. The van der Waals surface area contributed by atoms with Gasteiger partial charge in [-0.25, -0.2) is 0 Å². The van der Waals surface area contributed by atoms with Gasteiger partial charge in [-0.1, -0.05) is 0 Å². The molecule has 0 aliphatic rings. The lowest BCUT2D eigenvalue weighted by Gasteiger charge is -2.22. The molecule has 0 spiro atoms. The summed E-state index contributed by atoms with van der Waals surface area (Å²) in [4.78, 5) is 2.03. The van der Waals surface area contributed by atoms with Gasteiger partial charge in [-0.2, -0.15) is 0 Å². The van der Waals surface area contributed by atoms with Crippen molar-refractivity contribution < 1.29 is 19.1 Å². The first-order valence-electron chi connectivity index (χ1n) is 5.95. The summed E-state index contributed by atoms with van der Waals surface area (Å²) in [6, 6.07) is 0.891. The Labute approximate surface area is 99.8 Å². The van der Waals surface area contributed by atoms with Gasteiger partial charge in [-0.3, -0.25) is 4.90 Å². The Morgan fingerprint density at radius 3 is 1.81 bits per heavy atom. The highest BCUT2D eigenvalue weighted by Gasteiger charge is 2.14. The van der Waals surface area contributed by atoms with Gasteiger partial charge in [0, 0.05) is 38.9 Å². The largest absolute Gasteiger partial charge is 0.397 e. The molecule has 2 N–H and O–H groups in total. The van der Waals surface area contributed by atoms with Crippen LogP contribution in [0.25, 0.3) is 0 Å². The van der Waals surface area contributed by atoms with Crippen LogP contribution < -0.4 is 0 Å². The number of hydrogen-bond donors (Lipinski definition) is 2. The fourth-order valence-corrected chi connectivity index (χ4v) is 3.24. The van der Waals surface area contributed by atoms with Crippen molar-refractivity contribution in [2.45, 2.75) is 19.9 Å². The van der Waals surface area contributed by atoms with Gasteiger partial charge in [0.05, 0.1) is 13.2 Å². The molecule has 0 unspecified atom stereocenters. The summed E-state index contributed by atoms with van der Waals surface area (Å²) >= 11 is 0. The van der Waals surface area contributed by atoms with Crippen LogP contribution in [0.5, 0.6) is 0 Å². The maximum Gasteiger partial charge on any atom is 0.322 e. The van der Waals surface area contributed by atoms with E-state index in [0.717, 1.165) is 12.6 Å². The molecule has 0 aromatic rings. The molecule has 0 atom stereocenters. The molecule has 0 saturated carbocycles. The van der Waals surface area contributed by atoms with Crippen molar-refractivity contribution in [3.63, 3.8) is 0 Å². The molecule has 0 aliphatic heterocycles. The standard InChI is InChI=1S/C10H25NO4Si/c1-3-14-16(15-4-2)10-7-11(5-8-12)6-9-13/h12-13,16H,3-10H2,1-2H3. The monoisotopic (exact) mass is 251 g/mol. The van der Waals surface area contributed by atoms with Crippen molar-refractivity contribution in [2.24, 2.45) is 0 Å². The normalized spacial score (nSPS) is 11.6. The first-order chi connectivity index (χ1) is 7.78. The lowest BCUT2D eigenvalue weighted by molar-refractivity contribution is 0.158. The number of aliphatic hydroxyl groups excluding tert-OH is 2. The first kappa shape index (κ1) is 16.0. The van der Waals surface area contributed by atoms with E-state index in [0.29, 0.717) is 26.3 Å². The van der Waals surface area contributed by atoms with Crippen LogP contribution in [0.2, 0.25) is 6.04 Å². The minimum atomic E-state index is -1.54. The van der Waals surface area contributed by atoms with Crippen LogP contribution in [0, 0.1) is 0 Å². The Kier molecular flexibility index (Phi) is 11.5. The zero-order valence-electron chi connectivity index (χ0n) is 10.4. The van der Waals surface area contributed by atoms with E-state index in [1.165, 1.54) is 0 Å². The fraction of sp³-hybridized carbons (Fsp3) is 1.00. The second-order valence-corrected chi connectivity index (χ2v) is 5.52. The highest BCUT2D eigenvalue weighted by Crippen LogP contribution is 2.00.